The zero-order valence-electron chi connectivity index (χ0n) is 18.9. The topological polar surface area (TPSA) is 55.4 Å². The second-order valence-corrected chi connectivity index (χ2v) is 8.05. The Morgan fingerprint density at radius 1 is 0.722 bits per heavy atom. The quantitative estimate of drug-likeness (QED) is 0.319. The molecule has 0 atom stereocenters. The molecule has 0 unspecified atom stereocenters. The van der Waals surface area contributed by atoms with Crippen molar-refractivity contribution in [3.8, 4) is 0 Å². The molecule has 190 valence electrons. The summed E-state index contributed by atoms with van der Waals surface area (Å²) in [5, 5.41) is 2.57. The van der Waals surface area contributed by atoms with Crippen molar-refractivity contribution in [2.24, 2.45) is 0 Å². The highest BCUT2D eigenvalue weighted by atomic mass is 19.4. The first-order chi connectivity index (χ1) is 16.8. The molecule has 0 aliphatic carbocycles. The van der Waals surface area contributed by atoms with Gasteiger partial charge in [-0.25, -0.2) is 0 Å². The van der Waals surface area contributed by atoms with Gasteiger partial charge in [0.05, 0.1) is 16.7 Å². The number of benzene rings is 3. The van der Waals surface area contributed by atoms with Gasteiger partial charge < -0.3 is 10.1 Å². The molecule has 0 saturated carbocycles. The van der Waals surface area contributed by atoms with Crippen molar-refractivity contribution in [3.63, 3.8) is 0 Å². The van der Waals surface area contributed by atoms with E-state index in [-0.39, 0.29) is 17.5 Å². The summed E-state index contributed by atoms with van der Waals surface area (Å²) in [7, 11) is 0. The van der Waals surface area contributed by atoms with Gasteiger partial charge in [-0.3, -0.25) is 9.59 Å². The lowest BCUT2D eigenvalue weighted by Gasteiger charge is -2.37. The summed E-state index contributed by atoms with van der Waals surface area (Å²) in [4.78, 5) is 24.0. The minimum absolute atomic E-state index is 0.100. The Bertz CT molecular complexity index is 1160. The van der Waals surface area contributed by atoms with Crippen LogP contribution < -0.4 is 5.32 Å². The molecule has 0 aliphatic rings. The Hall–Kier alpha value is -3.82. The summed E-state index contributed by atoms with van der Waals surface area (Å²) in [6.45, 7) is 0.286. The predicted octanol–water partition coefficient (Wildman–Crippen LogP) is 5.89. The van der Waals surface area contributed by atoms with Gasteiger partial charge in [0.2, 0.25) is 0 Å². The third-order valence-corrected chi connectivity index (χ3v) is 5.44. The number of rotatable bonds is 7. The molecule has 36 heavy (non-hydrogen) atoms. The van der Waals surface area contributed by atoms with E-state index in [2.05, 4.69) is 5.32 Å². The van der Waals surface area contributed by atoms with E-state index in [0.717, 1.165) is 43.3 Å². The molecule has 0 radical (unpaired) electrons. The van der Waals surface area contributed by atoms with Crippen molar-refractivity contribution in [1.29, 1.82) is 0 Å². The lowest BCUT2D eigenvalue weighted by molar-refractivity contribution is -0.147. The Morgan fingerprint density at radius 2 is 1.19 bits per heavy atom. The average Bonchev–Trinajstić information content (AvgIpc) is 2.82. The molecule has 10 heteroatoms. The molecule has 0 spiro atoms. The second-order valence-electron chi connectivity index (χ2n) is 8.05. The van der Waals surface area contributed by atoms with Crippen molar-refractivity contribution in [1.82, 2.24) is 5.32 Å². The number of carbonyl (C=O) groups is 2. The Morgan fingerprint density at radius 3 is 1.64 bits per heavy atom. The first-order valence-corrected chi connectivity index (χ1v) is 10.6. The van der Waals surface area contributed by atoms with Gasteiger partial charge in [0.1, 0.15) is 0 Å². The van der Waals surface area contributed by atoms with Crippen LogP contribution in [-0.4, -0.2) is 18.5 Å². The number of ether oxygens (including phenoxy) is 1. The molecule has 0 saturated heterocycles. The zero-order chi connectivity index (χ0) is 26.6. The van der Waals surface area contributed by atoms with Crippen molar-refractivity contribution in [3.05, 3.63) is 107 Å². The number of esters is 1. The molecule has 1 amide bonds. The average molecular weight is 509 g/mol. The van der Waals surface area contributed by atoms with Gasteiger partial charge >= 0.3 is 18.3 Å². The number of hydrogen-bond donors (Lipinski definition) is 1. The van der Waals surface area contributed by atoms with E-state index in [1.165, 1.54) is 12.1 Å². The Labute approximate surface area is 202 Å². The maximum absolute atomic E-state index is 13.6. The lowest BCUT2D eigenvalue weighted by Crippen LogP contribution is -2.50. The van der Waals surface area contributed by atoms with Gasteiger partial charge in [-0.05, 0) is 41.0 Å². The van der Waals surface area contributed by atoms with Crippen LogP contribution in [0.1, 0.15) is 34.7 Å². The van der Waals surface area contributed by atoms with E-state index in [1.54, 1.807) is 30.3 Å². The Balaban J connectivity index is 2.29. The second kappa shape index (κ2) is 10.4. The number of carbonyl (C=O) groups excluding carboxylic acids is 2. The number of amides is 1. The highest BCUT2D eigenvalue weighted by Crippen LogP contribution is 2.39. The molecule has 3 aromatic carbocycles. The monoisotopic (exact) mass is 509 g/mol. The highest BCUT2D eigenvalue weighted by Gasteiger charge is 2.40. The van der Waals surface area contributed by atoms with Crippen molar-refractivity contribution < 1.29 is 40.7 Å². The van der Waals surface area contributed by atoms with Crippen molar-refractivity contribution in [2.45, 2.75) is 31.2 Å². The van der Waals surface area contributed by atoms with Gasteiger partial charge in [-0.1, -0.05) is 54.6 Å². The van der Waals surface area contributed by atoms with Crippen LogP contribution in [0.25, 0.3) is 0 Å². The molecule has 3 rings (SSSR count). The molecule has 0 aliphatic heterocycles. The fourth-order valence-corrected chi connectivity index (χ4v) is 3.82. The highest BCUT2D eigenvalue weighted by molar-refractivity contribution is 5.81. The Kier molecular flexibility index (Phi) is 7.76. The zero-order valence-corrected chi connectivity index (χ0v) is 18.9. The van der Waals surface area contributed by atoms with Crippen LogP contribution in [0, 0.1) is 0 Å². The number of nitrogens with one attached hydrogen (secondary N) is 1. The van der Waals surface area contributed by atoms with Gasteiger partial charge in [-0.15, -0.1) is 0 Å². The van der Waals surface area contributed by atoms with Gasteiger partial charge in [0.25, 0.3) is 5.91 Å². The van der Waals surface area contributed by atoms with Crippen molar-refractivity contribution in [2.75, 3.05) is 6.61 Å². The van der Waals surface area contributed by atoms with Gasteiger partial charge in [0.15, 0.2) is 6.61 Å². The smallest absolute Gasteiger partial charge is 0.416 e. The van der Waals surface area contributed by atoms with E-state index in [1.807, 2.05) is 0 Å². The molecular formula is C26H21F6NO3. The summed E-state index contributed by atoms with van der Waals surface area (Å²) in [6.07, 6.45) is -9.68. The van der Waals surface area contributed by atoms with E-state index >= 15 is 0 Å². The maximum atomic E-state index is 13.6. The van der Waals surface area contributed by atoms with E-state index < -0.39 is 47.5 Å². The molecule has 0 fully saturated rings. The fraction of sp³-hybridized carbons (Fsp3) is 0.231. The summed E-state index contributed by atoms with van der Waals surface area (Å²) in [5.41, 5.74) is -3.63. The molecule has 4 nitrogen and oxygen atoms in total. The summed E-state index contributed by atoms with van der Waals surface area (Å²) >= 11 is 0. The molecular weight excluding hydrogens is 488 g/mol. The van der Waals surface area contributed by atoms with Crippen LogP contribution >= 0.6 is 0 Å². The van der Waals surface area contributed by atoms with Crippen LogP contribution in [0.2, 0.25) is 0 Å². The molecule has 3 aromatic rings. The maximum Gasteiger partial charge on any atom is 0.416 e. The van der Waals surface area contributed by atoms with Crippen LogP contribution in [0.4, 0.5) is 26.3 Å². The molecule has 0 heterocycles. The molecule has 1 N–H and O–H groups in total. The van der Waals surface area contributed by atoms with Gasteiger partial charge in [0, 0.05) is 13.3 Å². The van der Waals surface area contributed by atoms with E-state index in [4.69, 9.17) is 4.74 Å². The fourth-order valence-electron chi connectivity index (χ4n) is 3.82. The summed E-state index contributed by atoms with van der Waals surface area (Å²) in [5.74, 6) is -1.69. The van der Waals surface area contributed by atoms with Crippen LogP contribution in [0.3, 0.4) is 0 Å². The first kappa shape index (κ1) is 26.8. The van der Waals surface area contributed by atoms with Crippen molar-refractivity contribution >= 4 is 11.9 Å². The number of halogens is 6. The minimum Gasteiger partial charge on any atom is -0.456 e. The third kappa shape index (κ3) is 6.44. The number of alkyl halides is 6. The van der Waals surface area contributed by atoms with E-state index in [9.17, 15) is 35.9 Å². The van der Waals surface area contributed by atoms with Crippen LogP contribution in [-0.2, 0) is 38.6 Å². The minimum atomic E-state index is -4.75. The molecule has 0 aromatic heterocycles. The van der Waals surface area contributed by atoms with E-state index in [0.29, 0.717) is 5.56 Å². The predicted molar refractivity (Wildman–Crippen MR) is 119 cm³/mol. The van der Waals surface area contributed by atoms with Crippen LogP contribution in [0.15, 0.2) is 78.9 Å². The largest absolute Gasteiger partial charge is 0.456 e. The first-order valence-electron chi connectivity index (χ1n) is 10.6. The SMILES string of the molecule is CC(=O)OCC(=O)NC(Cc1ccccc1)(c1cccc(C(F)(F)F)c1)c1cccc(C(F)(F)F)c1. The van der Waals surface area contributed by atoms with Crippen LogP contribution in [0.5, 0.6) is 0 Å². The summed E-state index contributed by atoms with van der Waals surface area (Å²) < 4.78 is 86.2. The molecule has 0 bridgehead atoms. The van der Waals surface area contributed by atoms with Gasteiger partial charge in [-0.2, -0.15) is 26.3 Å². The standard InChI is InChI=1S/C26H21F6NO3/c1-17(34)36-16-23(35)33-24(15-18-7-3-2-4-8-18,19-9-5-11-21(13-19)25(27,28)29)20-10-6-12-22(14-20)26(30,31)32/h2-14H,15-16H2,1H3,(H,33,35). The lowest BCUT2D eigenvalue weighted by atomic mass is 9.77. The normalized spacial score (nSPS) is 12.2. The summed E-state index contributed by atoms with van der Waals surface area (Å²) in [6, 6.07) is 16.3. The third-order valence-electron chi connectivity index (χ3n) is 5.44. The number of hydrogen-bond acceptors (Lipinski definition) is 3.